The van der Waals surface area contributed by atoms with Gasteiger partial charge in [-0.05, 0) is 38.6 Å². The molecule has 4 heteroatoms. The molecular formula is C12H23NO3. The largest absolute Gasteiger partial charge is 0.480 e. The molecular weight excluding hydrogens is 206 g/mol. The van der Waals surface area contributed by atoms with E-state index in [-0.39, 0.29) is 6.04 Å². The number of rotatable bonds is 6. The quantitative estimate of drug-likeness (QED) is 0.751. The smallest absolute Gasteiger partial charge is 0.320 e. The van der Waals surface area contributed by atoms with Crippen molar-refractivity contribution in [1.29, 1.82) is 0 Å². The Bertz CT molecular complexity index is 220. The second kappa shape index (κ2) is 6.86. The first-order valence-corrected chi connectivity index (χ1v) is 6.23. The lowest BCUT2D eigenvalue weighted by molar-refractivity contribution is -0.144. The first-order valence-electron chi connectivity index (χ1n) is 6.23. The zero-order valence-electron chi connectivity index (χ0n) is 10.3. The number of carbonyl (C=O) groups is 1. The minimum absolute atomic E-state index is 0.315. The summed E-state index contributed by atoms with van der Waals surface area (Å²) in [6, 6.07) is -0.315. The van der Waals surface area contributed by atoms with Crippen LogP contribution in [0, 0.1) is 5.92 Å². The van der Waals surface area contributed by atoms with Crippen LogP contribution in [-0.4, -0.2) is 48.3 Å². The predicted molar refractivity (Wildman–Crippen MR) is 62.5 cm³/mol. The first-order chi connectivity index (χ1) is 7.69. The highest BCUT2D eigenvalue weighted by Gasteiger charge is 2.28. The van der Waals surface area contributed by atoms with Crippen molar-refractivity contribution >= 4 is 5.97 Å². The van der Waals surface area contributed by atoms with Crippen LogP contribution in [0.4, 0.5) is 0 Å². The van der Waals surface area contributed by atoms with E-state index in [2.05, 4.69) is 4.90 Å². The van der Waals surface area contributed by atoms with Crippen LogP contribution in [0.15, 0.2) is 0 Å². The van der Waals surface area contributed by atoms with Gasteiger partial charge >= 0.3 is 5.97 Å². The van der Waals surface area contributed by atoms with Gasteiger partial charge in [-0.1, -0.05) is 6.92 Å². The summed E-state index contributed by atoms with van der Waals surface area (Å²) in [5.74, 6) is -0.193. The zero-order chi connectivity index (χ0) is 12.0. The van der Waals surface area contributed by atoms with Gasteiger partial charge in [0.1, 0.15) is 6.04 Å². The van der Waals surface area contributed by atoms with E-state index in [0.717, 1.165) is 39.1 Å². The molecule has 2 atom stereocenters. The highest BCUT2D eigenvalue weighted by molar-refractivity contribution is 5.73. The molecule has 1 rings (SSSR count). The fourth-order valence-corrected chi connectivity index (χ4v) is 2.39. The third kappa shape index (κ3) is 3.76. The summed E-state index contributed by atoms with van der Waals surface area (Å²) in [5, 5.41) is 9.11. The topological polar surface area (TPSA) is 49.8 Å². The number of hydrogen-bond acceptors (Lipinski definition) is 3. The van der Waals surface area contributed by atoms with Crippen molar-refractivity contribution in [3.63, 3.8) is 0 Å². The van der Waals surface area contributed by atoms with Crippen molar-refractivity contribution < 1.29 is 14.6 Å². The maximum absolute atomic E-state index is 11.1. The molecule has 1 aliphatic heterocycles. The molecule has 1 aliphatic rings. The average Bonchev–Trinajstić information content (AvgIpc) is 2.27. The second-order valence-corrected chi connectivity index (χ2v) is 4.42. The Labute approximate surface area is 97.6 Å². The van der Waals surface area contributed by atoms with Gasteiger partial charge in [0.05, 0.1) is 6.61 Å². The number of nitrogens with zero attached hydrogens (tertiary/aromatic N) is 1. The highest BCUT2D eigenvalue weighted by Crippen LogP contribution is 2.20. The van der Waals surface area contributed by atoms with Crippen molar-refractivity contribution in [2.24, 2.45) is 5.92 Å². The van der Waals surface area contributed by atoms with Crippen LogP contribution in [0.2, 0.25) is 0 Å². The van der Waals surface area contributed by atoms with E-state index in [1.165, 1.54) is 0 Å². The fourth-order valence-electron chi connectivity index (χ4n) is 2.39. The van der Waals surface area contributed by atoms with Crippen LogP contribution in [0.5, 0.6) is 0 Å². The molecule has 0 spiro atoms. The van der Waals surface area contributed by atoms with Gasteiger partial charge in [-0.2, -0.15) is 0 Å². The highest BCUT2D eigenvalue weighted by atomic mass is 16.5. The summed E-state index contributed by atoms with van der Waals surface area (Å²) in [5.41, 5.74) is 0. The van der Waals surface area contributed by atoms with E-state index in [0.29, 0.717) is 12.3 Å². The molecule has 1 saturated heterocycles. The lowest BCUT2D eigenvalue weighted by Gasteiger charge is -2.35. The summed E-state index contributed by atoms with van der Waals surface area (Å²) in [6.07, 6.45) is 2.92. The van der Waals surface area contributed by atoms with Crippen LogP contribution < -0.4 is 0 Å². The predicted octanol–water partition coefficient (Wildman–Crippen LogP) is 1.60. The summed E-state index contributed by atoms with van der Waals surface area (Å²) < 4.78 is 5.42. The molecule has 0 aliphatic carbocycles. The average molecular weight is 229 g/mol. The first kappa shape index (κ1) is 13.5. The number of piperidine rings is 1. The Balaban J connectivity index is 2.45. The van der Waals surface area contributed by atoms with Crippen LogP contribution >= 0.6 is 0 Å². The van der Waals surface area contributed by atoms with Gasteiger partial charge in [0.15, 0.2) is 0 Å². The van der Waals surface area contributed by atoms with Gasteiger partial charge in [-0.3, -0.25) is 9.69 Å². The molecule has 0 aromatic rings. The van der Waals surface area contributed by atoms with Crippen molar-refractivity contribution in [1.82, 2.24) is 4.90 Å². The Hall–Kier alpha value is -0.610. The molecule has 1 heterocycles. The van der Waals surface area contributed by atoms with Crippen molar-refractivity contribution in [3.05, 3.63) is 0 Å². The lowest BCUT2D eigenvalue weighted by Crippen LogP contribution is -2.47. The van der Waals surface area contributed by atoms with Gasteiger partial charge in [-0.15, -0.1) is 0 Å². The number of likely N-dealkylation sites (tertiary alicyclic amines) is 1. The Morgan fingerprint density at radius 3 is 2.88 bits per heavy atom. The Kier molecular flexibility index (Phi) is 5.77. The van der Waals surface area contributed by atoms with Crippen molar-refractivity contribution in [3.8, 4) is 0 Å². The summed E-state index contributed by atoms with van der Waals surface area (Å²) in [7, 11) is 0. The molecule has 0 unspecified atom stereocenters. The van der Waals surface area contributed by atoms with E-state index in [9.17, 15) is 4.79 Å². The van der Waals surface area contributed by atoms with E-state index in [1.54, 1.807) is 0 Å². The monoisotopic (exact) mass is 229 g/mol. The number of carboxylic acid groups (broad SMARTS) is 1. The normalized spacial score (nSPS) is 24.2. The molecule has 0 amide bonds. The van der Waals surface area contributed by atoms with E-state index < -0.39 is 5.97 Å². The van der Waals surface area contributed by atoms with Crippen LogP contribution in [0.3, 0.4) is 0 Å². The number of aliphatic carboxylic acids is 1. The van der Waals surface area contributed by atoms with Crippen molar-refractivity contribution in [2.75, 3.05) is 26.3 Å². The van der Waals surface area contributed by atoms with Crippen LogP contribution in [0.25, 0.3) is 0 Å². The minimum atomic E-state index is -0.695. The number of hydrogen-bond donors (Lipinski definition) is 1. The van der Waals surface area contributed by atoms with E-state index in [4.69, 9.17) is 9.84 Å². The van der Waals surface area contributed by atoms with Gasteiger partial charge < -0.3 is 9.84 Å². The zero-order valence-corrected chi connectivity index (χ0v) is 10.3. The number of carboxylic acids is 1. The molecule has 94 valence electrons. The molecule has 1 N–H and O–H groups in total. The molecule has 0 radical (unpaired) electrons. The molecule has 0 aromatic heterocycles. The molecule has 0 aromatic carbocycles. The Morgan fingerprint density at radius 2 is 2.31 bits per heavy atom. The van der Waals surface area contributed by atoms with Gasteiger partial charge in [-0.25, -0.2) is 0 Å². The molecule has 16 heavy (non-hydrogen) atoms. The lowest BCUT2D eigenvalue weighted by atomic mass is 9.97. The van der Waals surface area contributed by atoms with Crippen LogP contribution in [-0.2, 0) is 9.53 Å². The van der Waals surface area contributed by atoms with Crippen LogP contribution in [0.1, 0.15) is 33.1 Å². The van der Waals surface area contributed by atoms with Crippen molar-refractivity contribution in [2.45, 2.75) is 39.2 Å². The van der Waals surface area contributed by atoms with E-state index >= 15 is 0 Å². The molecule has 0 saturated carbocycles. The Morgan fingerprint density at radius 1 is 1.56 bits per heavy atom. The molecule has 4 nitrogen and oxygen atoms in total. The van der Waals surface area contributed by atoms with Gasteiger partial charge in [0, 0.05) is 13.2 Å². The summed E-state index contributed by atoms with van der Waals surface area (Å²) in [6.45, 7) is 7.21. The summed E-state index contributed by atoms with van der Waals surface area (Å²) >= 11 is 0. The molecule has 1 fully saturated rings. The maximum Gasteiger partial charge on any atom is 0.320 e. The summed E-state index contributed by atoms with van der Waals surface area (Å²) in [4.78, 5) is 13.2. The molecule has 0 bridgehead atoms. The number of ether oxygens (including phenoxy) is 1. The standard InChI is InChI=1S/C12H23NO3/c1-3-11(12(14)15)13-7-5-6-10(8-13)9-16-4-2/h10-11H,3-9H2,1-2H3,(H,14,15)/t10-,11+/m1/s1. The van der Waals surface area contributed by atoms with Gasteiger partial charge in [0.2, 0.25) is 0 Å². The third-order valence-electron chi connectivity index (χ3n) is 3.22. The second-order valence-electron chi connectivity index (χ2n) is 4.42. The van der Waals surface area contributed by atoms with E-state index in [1.807, 2.05) is 13.8 Å². The SMILES string of the molecule is CCOC[C@@H]1CCCN([C@@H](CC)C(=O)O)C1. The fraction of sp³-hybridized carbons (Fsp3) is 0.917. The van der Waals surface area contributed by atoms with Gasteiger partial charge in [0.25, 0.3) is 0 Å². The minimum Gasteiger partial charge on any atom is -0.480 e. The third-order valence-corrected chi connectivity index (χ3v) is 3.22. The maximum atomic E-state index is 11.1.